The second-order valence-corrected chi connectivity index (χ2v) is 12.1. The van der Waals surface area contributed by atoms with Crippen molar-refractivity contribution in [1.82, 2.24) is 14.7 Å². The molecule has 3 N–H and O–H groups in total. The van der Waals surface area contributed by atoms with E-state index >= 15 is 0 Å². The minimum Gasteiger partial charge on any atom is -0.492 e. The summed E-state index contributed by atoms with van der Waals surface area (Å²) in [6.45, 7) is 15.9. The third kappa shape index (κ3) is 6.24. The van der Waals surface area contributed by atoms with Crippen LogP contribution in [-0.2, 0) is 10.2 Å². The first-order valence-corrected chi connectivity index (χ1v) is 14.3. The predicted molar refractivity (Wildman–Crippen MR) is 165 cm³/mol. The molecular weight excluding hydrogens is 514 g/mol. The molecule has 2 heterocycles. The highest BCUT2D eigenvalue weighted by molar-refractivity contribution is 6.04. The largest absolute Gasteiger partial charge is 0.492 e. The lowest BCUT2D eigenvalue weighted by Gasteiger charge is -2.35. The standard InChI is InChI=1S/C33H41N5O3/c1-21-11-13-24(14-12-21)38-31(35-32(34)39)29(30(36-38)33(4,5)6)27-15-16-28(26-10-8-7-9-25(26)27)40-18-17-37-19-22(2)41-23(3)20-37/h7-16,22-23H,17-20H2,1-6H3,(H3,34,35,39)/t22-,23-/m0/s1. The Morgan fingerprint density at radius 3 is 2.32 bits per heavy atom. The number of hydrogen-bond donors (Lipinski definition) is 2. The van der Waals surface area contributed by atoms with Crippen LogP contribution in [0.5, 0.6) is 5.75 Å². The van der Waals surface area contributed by atoms with Gasteiger partial charge in [0.2, 0.25) is 0 Å². The lowest BCUT2D eigenvalue weighted by Crippen LogP contribution is -2.46. The van der Waals surface area contributed by atoms with Gasteiger partial charge in [-0.05, 0) is 56.0 Å². The molecule has 2 amide bonds. The normalized spacial score (nSPS) is 18.0. The predicted octanol–water partition coefficient (Wildman–Crippen LogP) is 6.28. The maximum atomic E-state index is 12.3. The summed E-state index contributed by atoms with van der Waals surface area (Å²) in [5.41, 5.74) is 10.0. The lowest BCUT2D eigenvalue weighted by molar-refractivity contribution is -0.0699. The number of amides is 2. The summed E-state index contributed by atoms with van der Waals surface area (Å²) in [6.07, 6.45) is 0.444. The van der Waals surface area contributed by atoms with Crippen LogP contribution >= 0.6 is 0 Å². The van der Waals surface area contributed by atoms with Gasteiger partial charge < -0.3 is 15.2 Å². The zero-order valence-corrected chi connectivity index (χ0v) is 24.9. The summed E-state index contributed by atoms with van der Waals surface area (Å²) in [5.74, 6) is 1.37. The van der Waals surface area contributed by atoms with Crippen LogP contribution in [0.3, 0.4) is 0 Å². The fourth-order valence-corrected chi connectivity index (χ4v) is 5.67. The minimum absolute atomic E-state index is 0.222. The van der Waals surface area contributed by atoms with Crippen LogP contribution in [0.4, 0.5) is 10.6 Å². The van der Waals surface area contributed by atoms with Crippen molar-refractivity contribution in [2.24, 2.45) is 5.73 Å². The fraction of sp³-hybridized carbons (Fsp3) is 0.394. The second-order valence-electron chi connectivity index (χ2n) is 12.1. The molecule has 1 fully saturated rings. The fourth-order valence-electron chi connectivity index (χ4n) is 5.67. The van der Waals surface area contributed by atoms with Crippen LogP contribution in [0, 0.1) is 6.92 Å². The third-order valence-corrected chi connectivity index (χ3v) is 7.43. The monoisotopic (exact) mass is 555 g/mol. The van der Waals surface area contributed by atoms with E-state index in [9.17, 15) is 4.79 Å². The number of ether oxygens (including phenoxy) is 2. The van der Waals surface area contributed by atoms with Gasteiger partial charge in [0.25, 0.3) is 0 Å². The third-order valence-electron chi connectivity index (χ3n) is 7.43. The maximum absolute atomic E-state index is 12.3. The number of hydrogen-bond acceptors (Lipinski definition) is 5. The Kier molecular flexibility index (Phi) is 8.07. The van der Waals surface area contributed by atoms with Crippen LogP contribution in [0.1, 0.15) is 45.9 Å². The molecule has 0 bridgehead atoms. The number of aromatic nitrogens is 2. The molecule has 0 radical (unpaired) electrons. The maximum Gasteiger partial charge on any atom is 0.317 e. The number of carbonyl (C=O) groups excluding carboxylic acids is 1. The van der Waals surface area contributed by atoms with Crippen LogP contribution in [0.25, 0.3) is 27.6 Å². The smallest absolute Gasteiger partial charge is 0.317 e. The zero-order valence-electron chi connectivity index (χ0n) is 24.9. The second kappa shape index (κ2) is 11.5. The van der Waals surface area contributed by atoms with Gasteiger partial charge in [0, 0.05) is 36.0 Å². The molecule has 1 aliphatic rings. The Morgan fingerprint density at radius 1 is 1.02 bits per heavy atom. The van der Waals surface area contributed by atoms with Crippen LogP contribution in [0.15, 0.2) is 60.7 Å². The average molecular weight is 556 g/mol. The van der Waals surface area contributed by atoms with E-state index in [1.165, 1.54) is 0 Å². The van der Waals surface area contributed by atoms with E-state index in [0.29, 0.717) is 12.4 Å². The summed E-state index contributed by atoms with van der Waals surface area (Å²) in [6, 6.07) is 19.7. The number of anilines is 1. The number of nitrogens with zero attached hydrogens (tertiary/aromatic N) is 3. The molecule has 0 unspecified atom stereocenters. The highest BCUT2D eigenvalue weighted by atomic mass is 16.5. The molecule has 0 saturated carbocycles. The van der Waals surface area contributed by atoms with Gasteiger partial charge in [-0.15, -0.1) is 0 Å². The van der Waals surface area contributed by atoms with E-state index in [-0.39, 0.29) is 17.6 Å². The molecule has 0 aliphatic carbocycles. The molecule has 1 aromatic heterocycles. The zero-order chi connectivity index (χ0) is 29.3. The number of primary amides is 1. The van der Waals surface area contributed by atoms with Gasteiger partial charge in [0.15, 0.2) is 0 Å². The molecule has 8 nitrogen and oxygen atoms in total. The Labute approximate surface area is 242 Å². The lowest BCUT2D eigenvalue weighted by atomic mass is 9.85. The molecule has 1 aliphatic heterocycles. The number of benzene rings is 3. The number of nitrogens with one attached hydrogen (secondary N) is 1. The Hall–Kier alpha value is -3.88. The Balaban J connectivity index is 1.58. The van der Waals surface area contributed by atoms with Gasteiger partial charge in [0.1, 0.15) is 18.2 Å². The van der Waals surface area contributed by atoms with E-state index in [1.54, 1.807) is 4.68 Å². The Morgan fingerprint density at radius 2 is 1.68 bits per heavy atom. The van der Waals surface area contributed by atoms with E-state index in [1.807, 2.05) is 49.4 Å². The van der Waals surface area contributed by atoms with Crippen molar-refractivity contribution in [2.75, 3.05) is 31.6 Å². The summed E-state index contributed by atoms with van der Waals surface area (Å²) >= 11 is 0. The first-order valence-electron chi connectivity index (χ1n) is 14.3. The van der Waals surface area contributed by atoms with E-state index in [4.69, 9.17) is 20.3 Å². The first-order chi connectivity index (χ1) is 19.5. The van der Waals surface area contributed by atoms with Gasteiger partial charge in [-0.25, -0.2) is 9.48 Å². The highest BCUT2D eigenvalue weighted by Gasteiger charge is 2.30. The van der Waals surface area contributed by atoms with Crippen LogP contribution in [-0.4, -0.2) is 59.2 Å². The van der Waals surface area contributed by atoms with E-state index < -0.39 is 6.03 Å². The Bertz CT molecular complexity index is 1530. The van der Waals surface area contributed by atoms with Gasteiger partial charge in [0.05, 0.1) is 23.6 Å². The van der Waals surface area contributed by atoms with Crippen molar-refractivity contribution in [2.45, 2.75) is 59.2 Å². The van der Waals surface area contributed by atoms with Crippen molar-refractivity contribution >= 4 is 22.6 Å². The number of aryl methyl sites for hydroxylation is 1. The highest BCUT2D eigenvalue weighted by Crippen LogP contribution is 2.43. The number of rotatable bonds is 7. The molecule has 41 heavy (non-hydrogen) atoms. The molecule has 216 valence electrons. The van der Waals surface area contributed by atoms with Crippen molar-refractivity contribution in [3.05, 3.63) is 71.9 Å². The molecule has 5 rings (SSSR count). The van der Waals surface area contributed by atoms with Crippen molar-refractivity contribution in [3.8, 4) is 22.6 Å². The SMILES string of the molecule is Cc1ccc(-n2nc(C(C)(C)C)c(-c3ccc(OCCN4C[C@H](C)O[C@@H](C)C4)c4ccccc34)c2NC(N)=O)cc1. The van der Waals surface area contributed by atoms with E-state index in [2.05, 4.69) is 63.0 Å². The quantitative estimate of drug-likeness (QED) is 0.280. The minimum atomic E-state index is -0.643. The summed E-state index contributed by atoms with van der Waals surface area (Å²) in [7, 11) is 0. The topological polar surface area (TPSA) is 94.6 Å². The summed E-state index contributed by atoms with van der Waals surface area (Å²) in [5, 5.41) is 9.96. The number of nitrogens with two attached hydrogens (primary N) is 1. The van der Waals surface area contributed by atoms with Crippen LogP contribution in [0.2, 0.25) is 0 Å². The average Bonchev–Trinajstić information content (AvgIpc) is 3.27. The summed E-state index contributed by atoms with van der Waals surface area (Å²) < 4.78 is 14.0. The number of fused-ring (bicyclic) bond motifs is 1. The van der Waals surface area contributed by atoms with Gasteiger partial charge >= 0.3 is 6.03 Å². The van der Waals surface area contributed by atoms with Gasteiger partial charge in [-0.1, -0.05) is 62.7 Å². The molecule has 3 aromatic carbocycles. The molecule has 2 atom stereocenters. The summed E-state index contributed by atoms with van der Waals surface area (Å²) in [4.78, 5) is 14.7. The van der Waals surface area contributed by atoms with Crippen LogP contribution < -0.4 is 15.8 Å². The number of urea groups is 1. The molecule has 1 saturated heterocycles. The van der Waals surface area contributed by atoms with Crippen molar-refractivity contribution < 1.29 is 14.3 Å². The molecular formula is C33H41N5O3. The number of carbonyl (C=O) groups is 1. The molecule has 8 heteroatoms. The molecule has 4 aromatic rings. The van der Waals surface area contributed by atoms with E-state index in [0.717, 1.165) is 64.2 Å². The van der Waals surface area contributed by atoms with Crippen molar-refractivity contribution in [3.63, 3.8) is 0 Å². The number of morpholine rings is 1. The molecule has 0 spiro atoms. The van der Waals surface area contributed by atoms with Gasteiger partial charge in [-0.2, -0.15) is 5.10 Å². The van der Waals surface area contributed by atoms with Crippen molar-refractivity contribution in [1.29, 1.82) is 0 Å². The van der Waals surface area contributed by atoms with Gasteiger partial charge in [-0.3, -0.25) is 10.2 Å². The first kappa shape index (κ1) is 28.6.